The molecule has 0 radical (unpaired) electrons. The molecule has 180 valence electrons. The number of anilines is 1. The number of carbonyl (C=O) groups excluding carboxylic acids is 2. The first kappa shape index (κ1) is 23.8. The van der Waals surface area contributed by atoms with Crippen LogP contribution >= 0.6 is 11.6 Å². The number of piperidine rings is 1. The lowest BCUT2D eigenvalue weighted by molar-refractivity contribution is -0.150. The highest BCUT2D eigenvalue weighted by atomic mass is 35.5. The van der Waals surface area contributed by atoms with Crippen molar-refractivity contribution in [2.24, 2.45) is 5.41 Å². The molecule has 0 aromatic heterocycles. The molecule has 4 rings (SSSR count). The summed E-state index contributed by atoms with van der Waals surface area (Å²) in [4.78, 5) is 42.5. The molecule has 0 bridgehead atoms. The maximum absolute atomic E-state index is 12.8. The van der Waals surface area contributed by atoms with E-state index in [-0.39, 0.29) is 55.9 Å². The van der Waals surface area contributed by atoms with Gasteiger partial charge in [0, 0.05) is 49.9 Å². The van der Waals surface area contributed by atoms with Crippen LogP contribution in [0.4, 0.5) is 10.5 Å². The Morgan fingerprint density at radius 2 is 1.97 bits per heavy atom. The Bertz CT molecular complexity index is 909. The molecule has 1 aliphatic carbocycles. The number of carbonyl (C=O) groups is 3. The van der Waals surface area contributed by atoms with Gasteiger partial charge in [-0.1, -0.05) is 17.7 Å². The van der Waals surface area contributed by atoms with Crippen LogP contribution in [0.2, 0.25) is 5.02 Å². The number of aliphatic carboxylic acids is 1. The van der Waals surface area contributed by atoms with E-state index in [0.717, 1.165) is 25.8 Å². The first-order chi connectivity index (χ1) is 15.8. The summed E-state index contributed by atoms with van der Waals surface area (Å²) < 4.78 is 0. The van der Waals surface area contributed by atoms with Gasteiger partial charge in [-0.2, -0.15) is 0 Å². The predicted molar refractivity (Wildman–Crippen MR) is 123 cm³/mol. The highest BCUT2D eigenvalue weighted by Crippen LogP contribution is 2.53. The number of rotatable bonds is 6. The van der Waals surface area contributed by atoms with Crippen molar-refractivity contribution in [3.63, 3.8) is 0 Å². The van der Waals surface area contributed by atoms with Gasteiger partial charge in [-0.25, -0.2) is 9.59 Å². The number of aliphatic hydroxyl groups excluding tert-OH is 1. The van der Waals surface area contributed by atoms with Gasteiger partial charge in [0.1, 0.15) is 6.04 Å². The Morgan fingerprint density at radius 3 is 2.64 bits per heavy atom. The van der Waals surface area contributed by atoms with Crippen LogP contribution in [0.15, 0.2) is 24.3 Å². The summed E-state index contributed by atoms with van der Waals surface area (Å²) in [5.74, 6) is -1.31. The number of urea groups is 1. The number of nitrogens with one attached hydrogen (secondary N) is 1. The molecule has 2 saturated heterocycles. The zero-order chi connectivity index (χ0) is 23.6. The summed E-state index contributed by atoms with van der Waals surface area (Å²) in [5, 5.41) is 23.5. The summed E-state index contributed by atoms with van der Waals surface area (Å²) in [6.07, 6.45) is 3.08. The summed E-state index contributed by atoms with van der Waals surface area (Å²) in [6, 6.07) is 5.49. The van der Waals surface area contributed by atoms with Crippen molar-refractivity contribution in [2.75, 3.05) is 44.6 Å². The zero-order valence-corrected chi connectivity index (χ0v) is 19.3. The van der Waals surface area contributed by atoms with E-state index in [9.17, 15) is 24.6 Å². The molecular weight excluding hydrogens is 448 g/mol. The molecule has 10 heteroatoms. The maximum atomic E-state index is 12.8. The number of aliphatic hydroxyl groups is 1. The fraction of sp³-hybridized carbons (Fsp3) is 0.609. The summed E-state index contributed by atoms with van der Waals surface area (Å²) in [7, 11) is 0. The number of hydrogen-bond donors (Lipinski definition) is 3. The second-order valence-corrected chi connectivity index (χ2v) is 9.77. The first-order valence-electron chi connectivity index (χ1n) is 11.5. The van der Waals surface area contributed by atoms with Gasteiger partial charge >= 0.3 is 12.0 Å². The third kappa shape index (κ3) is 5.59. The number of carboxylic acids is 1. The molecule has 33 heavy (non-hydrogen) atoms. The average molecular weight is 479 g/mol. The smallest absolute Gasteiger partial charge is 0.326 e. The Hall–Kier alpha value is -2.36. The van der Waals surface area contributed by atoms with Gasteiger partial charge in [-0.3, -0.25) is 4.79 Å². The molecule has 3 N–H and O–H groups in total. The van der Waals surface area contributed by atoms with Gasteiger partial charge in [-0.05, 0) is 55.8 Å². The van der Waals surface area contributed by atoms with Crippen LogP contribution < -0.4 is 5.32 Å². The van der Waals surface area contributed by atoms with Crippen LogP contribution in [0, 0.1) is 5.41 Å². The fourth-order valence-electron chi connectivity index (χ4n) is 4.88. The van der Waals surface area contributed by atoms with E-state index in [1.807, 2.05) is 0 Å². The number of benzene rings is 1. The molecule has 1 spiro atoms. The SMILES string of the molecule is O=C(O)C(CCN1CCC2(CC2)[C@H](O)C1)N1CCN(C(=O)Nc2cccc(Cl)c2)CCC1=O. The van der Waals surface area contributed by atoms with E-state index in [0.29, 0.717) is 23.8 Å². The monoisotopic (exact) mass is 478 g/mol. The van der Waals surface area contributed by atoms with E-state index >= 15 is 0 Å². The van der Waals surface area contributed by atoms with E-state index < -0.39 is 12.0 Å². The van der Waals surface area contributed by atoms with E-state index in [2.05, 4.69) is 10.2 Å². The minimum absolute atomic E-state index is 0.0672. The molecule has 2 heterocycles. The summed E-state index contributed by atoms with van der Waals surface area (Å²) in [6.45, 7) is 2.52. The Morgan fingerprint density at radius 1 is 1.18 bits per heavy atom. The lowest BCUT2D eigenvalue weighted by atomic mass is 9.90. The predicted octanol–water partition coefficient (Wildman–Crippen LogP) is 2.10. The number of β-amino-alcohol motifs (C(OH)–C–C–N with tert-alkyl or cyclic N) is 1. The Balaban J connectivity index is 1.33. The molecule has 1 saturated carbocycles. The lowest BCUT2D eigenvalue weighted by Gasteiger charge is -2.37. The molecule has 3 aliphatic rings. The second kappa shape index (κ2) is 9.87. The molecule has 1 unspecified atom stereocenters. The standard InChI is InChI=1S/C23H31ClN4O5/c24-16-2-1-3-17(14-16)25-22(33)27-10-5-20(30)28(13-12-27)18(21(31)32)4-9-26-11-8-23(6-7-23)19(29)15-26/h1-3,14,18-19,29H,4-13,15H2,(H,25,33)(H,31,32)/t18?,19-/m1/s1. The number of amides is 3. The minimum Gasteiger partial charge on any atom is -0.480 e. The fourth-order valence-corrected chi connectivity index (χ4v) is 5.07. The van der Waals surface area contributed by atoms with E-state index in [4.69, 9.17) is 11.6 Å². The average Bonchev–Trinajstić information content (AvgIpc) is 3.57. The number of carboxylic acid groups (broad SMARTS) is 1. The van der Waals surface area contributed by atoms with Gasteiger partial charge in [-0.15, -0.1) is 0 Å². The van der Waals surface area contributed by atoms with Gasteiger partial charge < -0.3 is 30.2 Å². The number of nitrogens with zero attached hydrogens (tertiary/aromatic N) is 3. The number of likely N-dealkylation sites (tertiary alicyclic amines) is 1. The van der Waals surface area contributed by atoms with Crippen LogP contribution in [0.3, 0.4) is 0 Å². The van der Waals surface area contributed by atoms with Gasteiger partial charge in [0.2, 0.25) is 5.91 Å². The summed E-state index contributed by atoms with van der Waals surface area (Å²) >= 11 is 5.96. The van der Waals surface area contributed by atoms with E-state index in [1.54, 1.807) is 24.3 Å². The van der Waals surface area contributed by atoms with Crippen molar-refractivity contribution in [3.8, 4) is 0 Å². The third-order valence-electron chi connectivity index (χ3n) is 7.23. The van der Waals surface area contributed by atoms with Crippen LogP contribution in [-0.4, -0.2) is 94.2 Å². The molecule has 3 amide bonds. The van der Waals surface area contributed by atoms with Crippen LogP contribution in [-0.2, 0) is 9.59 Å². The van der Waals surface area contributed by atoms with Gasteiger partial charge in [0.15, 0.2) is 0 Å². The van der Waals surface area contributed by atoms with Crippen LogP contribution in [0.5, 0.6) is 0 Å². The zero-order valence-electron chi connectivity index (χ0n) is 18.6. The topological polar surface area (TPSA) is 113 Å². The minimum atomic E-state index is -1.04. The van der Waals surface area contributed by atoms with Gasteiger partial charge in [0.05, 0.1) is 6.10 Å². The third-order valence-corrected chi connectivity index (χ3v) is 7.46. The van der Waals surface area contributed by atoms with E-state index in [1.165, 1.54) is 9.80 Å². The van der Waals surface area contributed by atoms with Crippen molar-refractivity contribution in [1.29, 1.82) is 0 Å². The summed E-state index contributed by atoms with van der Waals surface area (Å²) in [5.41, 5.74) is 0.651. The lowest BCUT2D eigenvalue weighted by Crippen LogP contribution is -2.50. The normalized spacial score (nSPS) is 23.8. The van der Waals surface area contributed by atoms with Crippen molar-refractivity contribution >= 4 is 35.2 Å². The van der Waals surface area contributed by atoms with Crippen LogP contribution in [0.25, 0.3) is 0 Å². The highest BCUT2D eigenvalue weighted by molar-refractivity contribution is 6.30. The largest absolute Gasteiger partial charge is 0.480 e. The molecule has 3 fully saturated rings. The first-order valence-corrected chi connectivity index (χ1v) is 11.9. The van der Waals surface area contributed by atoms with Crippen molar-refractivity contribution < 1.29 is 24.6 Å². The molecule has 2 aliphatic heterocycles. The van der Waals surface area contributed by atoms with Crippen molar-refractivity contribution in [3.05, 3.63) is 29.3 Å². The highest BCUT2D eigenvalue weighted by Gasteiger charge is 2.51. The molecule has 1 aromatic carbocycles. The molecule has 1 aromatic rings. The molecule has 2 atom stereocenters. The Labute approximate surface area is 198 Å². The molecular formula is C23H31ClN4O5. The van der Waals surface area contributed by atoms with Gasteiger partial charge in [0.25, 0.3) is 0 Å². The van der Waals surface area contributed by atoms with Crippen LogP contribution in [0.1, 0.15) is 32.1 Å². The number of halogens is 1. The molecule has 9 nitrogen and oxygen atoms in total. The van der Waals surface area contributed by atoms with Crippen molar-refractivity contribution in [1.82, 2.24) is 14.7 Å². The second-order valence-electron chi connectivity index (χ2n) is 9.34. The Kier molecular flexibility index (Phi) is 7.11. The maximum Gasteiger partial charge on any atom is 0.326 e. The number of hydrogen-bond acceptors (Lipinski definition) is 5. The quantitative estimate of drug-likeness (QED) is 0.577. The van der Waals surface area contributed by atoms with Crippen molar-refractivity contribution in [2.45, 2.75) is 44.2 Å².